The van der Waals surface area contributed by atoms with Crippen molar-refractivity contribution >= 4 is 44.1 Å². The molecule has 0 aliphatic carbocycles. The number of nitrogens with two attached hydrogens (primary N) is 1. The highest BCUT2D eigenvalue weighted by Crippen LogP contribution is 2.35. The van der Waals surface area contributed by atoms with Gasteiger partial charge in [-0.15, -0.1) is 0 Å². The van der Waals surface area contributed by atoms with Gasteiger partial charge in [0.05, 0.1) is 36.4 Å². The molecule has 5 aromatic rings. The predicted molar refractivity (Wildman–Crippen MR) is 134 cm³/mol. The van der Waals surface area contributed by atoms with Gasteiger partial charge in [0.15, 0.2) is 17.1 Å². The molecule has 0 amide bonds. The summed E-state index contributed by atoms with van der Waals surface area (Å²) in [5, 5.41) is 4.49. The molecule has 2 heterocycles. The maximum absolute atomic E-state index is 13.6. The van der Waals surface area contributed by atoms with Gasteiger partial charge in [0.1, 0.15) is 16.2 Å². The standard InChI is InChI=1S/C25H21N5O4S/c1-33-20-14-8-9-16(22(20)34-2)15-27-30-24(26)23(35(31,32)17-10-4-3-5-11-17)21-25(30)29-19-13-7-6-12-18(19)28-21/h3-15H,26H2,1-2H3/b27-15+. The Hall–Kier alpha value is -4.44. The number of hydrogen-bond acceptors (Lipinski definition) is 8. The summed E-state index contributed by atoms with van der Waals surface area (Å²) in [5.41, 5.74) is 8.51. The first kappa shape index (κ1) is 22.4. The summed E-state index contributed by atoms with van der Waals surface area (Å²) in [6, 6.07) is 20.6. The summed E-state index contributed by atoms with van der Waals surface area (Å²) >= 11 is 0. The number of rotatable bonds is 6. The van der Waals surface area contributed by atoms with E-state index in [0.717, 1.165) is 0 Å². The lowest BCUT2D eigenvalue weighted by atomic mass is 10.2. The molecule has 35 heavy (non-hydrogen) atoms. The van der Waals surface area contributed by atoms with Crippen LogP contribution in [0.3, 0.4) is 0 Å². The molecule has 0 atom stereocenters. The first-order valence-electron chi connectivity index (χ1n) is 10.6. The van der Waals surface area contributed by atoms with Gasteiger partial charge in [-0.05, 0) is 36.4 Å². The minimum Gasteiger partial charge on any atom is -0.493 e. The number of ether oxygens (including phenoxy) is 2. The maximum atomic E-state index is 13.6. The Morgan fingerprint density at radius 2 is 1.57 bits per heavy atom. The Kier molecular flexibility index (Phi) is 5.58. The molecule has 9 nitrogen and oxygen atoms in total. The van der Waals surface area contributed by atoms with Gasteiger partial charge >= 0.3 is 0 Å². The Balaban J connectivity index is 1.79. The number of aromatic nitrogens is 3. The van der Waals surface area contributed by atoms with Crippen molar-refractivity contribution in [2.75, 3.05) is 20.0 Å². The second-order valence-corrected chi connectivity index (χ2v) is 9.44. The molecule has 2 aromatic heterocycles. The Morgan fingerprint density at radius 3 is 2.26 bits per heavy atom. The third-order valence-electron chi connectivity index (χ3n) is 5.50. The topological polar surface area (TPSA) is 122 Å². The number of nitrogens with zero attached hydrogens (tertiary/aromatic N) is 4. The predicted octanol–water partition coefficient (Wildman–Crippen LogP) is 3.90. The van der Waals surface area contributed by atoms with E-state index in [1.807, 2.05) is 12.1 Å². The molecule has 0 bridgehead atoms. The van der Waals surface area contributed by atoms with E-state index in [9.17, 15) is 8.42 Å². The first-order chi connectivity index (χ1) is 17.0. The van der Waals surface area contributed by atoms with Crippen LogP contribution in [-0.4, -0.2) is 43.5 Å². The normalized spacial score (nSPS) is 11.9. The summed E-state index contributed by atoms with van der Waals surface area (Å²) in [7, 11) is -0.954. The van der Waals surface area contributed by atoms with Crippen molar-refractivity contribution in [3.8, 4) is 11.5 Å². The van der Waals surface area contributed by atoms with Crippen molar-refractivity contribution in [2.24, 2.45) is 5.10 Å². The average molecular weight is 488 g/mol. The van der Waals surface area contributed by atoms with Gasteiger partial charge in [-0.3, -0.25) is 0 Å². The number of fused-ring (bicyclic) bond motifs is 2. The van der Waals surface area contributed by atoms with Crippen LogP contribution in [0, 0.1) is 0 Å². The zero-order valence-corrected chi connectivity index (χ0v) is 19.7. The molecule has 3 aromatic carbocycles. The number of nitrogen functional groups attached to an aromatic ring is 1. The maximum Gasteiger partial charge on any atom is 0.212 e. The second-order valence-electron chi connectivity index (χ2n) is 7.55. The molecule has 2 N–H and O–H groups in total. The summed E-state index contributed by atoms with van der Waals surface area (Å²) in [5.74, 6) is 0.902. The van der Waals surface area contributed by atoms with Gasteiger partial charge in [0.2, 0.25) is 9.84 Å². The lowest BCUT2D eigenvalue weighted by Crippen LogP contribution is -2.06. The van der Waals surface area contributed by atoms with Crippen LogP contribution in [0.15, 0.2) is 87.7 Å². The van der Waals surface area contributed by atoms with Gasteiger partial charge in [-0.2, -0.15) is 9.78 Å². The summed E-state index contributed by atoms with van der Waals surface area (Å²) < 4.78 is 39.4. The molecular weight excluding hydrogens is 466 g/mol. The SMILES string of the molecule is COc1cccc(/C=N/n2c(N)c(S(=O)(=O)c3ccccc3)c3nc4ccccc4nc32)c1OC. The molecule has 176 valence electrons. The Labute approximate surface area is 201 Å². The van der Waals surface area contributed by atoms with Crippen LogP contribution in [-0.2, 0) is 9.84 Å². The van der Waals surface area contributed by atoms with E-state index in [1.165, 1.54) is 37.2 Å². The lowest BCUT2D eigenvalue weighted by Gasteiger charge is -2.09. The molecular formula is C25H21N5O4S. The fourth-order valence-corrected chi connectivity index (χ4v) is 5.36. The fraction of sp³-hybridized carbons (Fsp3) is 0.0800. The molecule has 10 heteroatoms. The minimum atomic E-state index is -4.02. The van der Waals surface area contributed by atoms with E-state index in [2.05, 4.69) is 15.1 Å². The molecule has 0 saturated carbocycles. The lowest BCUT2D eigenvalue weighted by molar-refractivity contribution is 0.354. The van der Waals surface area contributed by atoms with Crippen LogP contribution in [0.1, 0.15) is 5.56 Å². The van der Waals surface area contributed by atoms with Crippen molar-refractivity contribution < 1.29 is 17.9 Å². The van der Waals surface area contributed by atoms with Crippen LogP contribution >= 0.6 is 0 Å². The number of hydrogen-bond donors (Lipinski definition) is 1. The molecule has 0 radical (unpaired) electrons. The van der Waals surface area contributed by atoms with Gasteiger partial charge in [0.25, 0.3) is 0 Å². The molecule has 0 aliphatic heterocycles. The highest BCUT2D eigenvalue weighted by Gasteiger charge is 2.30. The molecule has 0 saturated heterocycles. The molecule has 0 spiro atoms. The van der Waals surface area contributed by atoms with Gasteiger partial charge in [0, 0.05) is 5.56 Å². The number of benzene rings is 3. The summed E-state index contributed by atoms with van der Waals surface area (Å²) in [6.07, 6.45) is 1.51. The third kappa shape index (κ3) is 3.73. The molecule has 0 fully saturated rings. The van der Waals surface area contributed by atoms with Crippen molar-refractivity contribution in [3.63, 3.8) is 0 Å². The minimum absolute atomic E-state index is 0.0964. The van der Waals surface area contributed by atoms with Crippen molar-refractivity contribution in [2.45, 2.75) is 9.79 Å². The average Bonchev–Trinajstić information content (AvgIpc) is 3.16. The second kappa shape index (κ2) is 8.73. The largest absolute Gasteiger partial charge is 0.493 e. The fourth-order valence-electron chi connectivity index (χ4n) is 3.86. The van der Waals surface area contributed by atoms with Gasteiger partial charge in [-0.25, -0.2) is 18.4 Å². The first-order valence-corrected chi connectivity index (χ1v) is 12.1. The summed E-state index contributed by atoms with van der Waals surface area (Å²) in [6.45, 7) is 0. The number of anilines is 1. The highest BCUT2D eigenvalue weighted by atomic mass is 32.2. The molecule has 0 aliphatic rings. The van der Waals surface area contributed by atoms with E-state index in [1.54, 1.807) is 48.5 Å². The Morgan fingerprint density at radius 1 is 0.886 bits per heavy atom. The van der Waals surface area contributed by atoms with E-state index in [0.29, 0.717) is 28.1 Å². The van der Waals surface area contributed by atoms with Crippen LogP contribution in [0.5, 0.6) is 11.5 Å². The van der Waals surface area contributed by atoms with E-state index in [4.69, 9.17) is 15.2 Å². The van der Waals surface area contributed by atoms with E-state index >= 15 is 0 Å². The van der Waals surface area contributed by atoms with E-state index < -0.39 is 9.84 Å². The van der Waals surface area contributed by atoms with Crippen molar-refractivity contribution in [1.82, 2.24) is 14.6 Å². The van der Waals surface area contributed by atoms with E-state index in [-0.39, 0.29) is 26.8 Å². The third-order valence-corrected chi connectivity index (χ3v) is 7.33. The Bertz CT molecular complexity index is 1700. The van der Waals surface area contributed by atoms with Crippen molar-refractivity contribution in [1.29, 1.82) is 0 Å². The van der Waals surface area contributed by atoms with Gasteiger partial charge in [-0.1, -0.05) is 36.4 Å². The smallest absolute Gasteiger partial charge is 0.212 e. The van der Waals surface area contributed by atoms with Crippen LogP contribution in [0.25, 0.3) is 22.2 Å². The zero-order valence-electron chi connectivity index (χ0n) is 18.9. The summed E-state index contributed by atoms with van der Waals surface area (Å²) in [4.78, 5) is 9.20. The zero-order chi connectivity index (χ0) is 24.6. The molecule has 5 rings (SSSR count). The number of methoxy groups -OCH3 is 2. The molecule has 0 unspecified atom stereocenters. The number of sulfone groups is 1. The van der Waals surface area contributed by atoms with Crippen LogP contribution in [0.4, 0.5) is 5.82 Å². The monoisotopic (exact) mass is 487 g/mol. The highest BCUT2D eigenvalue weighted by molar-refractivity contribution is 7.92. The van der Waals surface area contributed by atoms with Crippen LogP contribution in [0.2, 0.25) is 0 Å². The quantitative estimate of drug-likeness (QED) is 0.361. The van der Waals surface area contributed by atoms with Gasteiger partial charge < -0.3 is 15.2 Å². The van der Waals surface area contributed by atoms with Crippen molar-refractivity contribution in [3.05, 3.63) is 78.4 Å². The number of para-hydroxylation sites is 3. The van der Waals surface area contributed by atoms with Crippen LogP contribution < -0.4 is 15.2 Å².